The molecule has 2 atom stereocenters. The number of para-hydroxylation sites is 1. The van der Waals surface area contributed by atoms with E-state index in [9.17, 15) is 27.6 Å². The van der Waals surface area contributed by atoms with Crippen LogP contribution in [0.15, 0.2) is 27.8 Å². The van der Waals surface area contributed by atoms with Gasteiger partial charge in [0.2, 0.25) is 0 Å². The number of amides is 1. The van der Waals surface area contributed by atoms with E-state index in [0.717, 1.165) is 4.90 Å². The van der Waals surface area contributed by atoms with Crippen LogP contribution in [0.5, 0.6) is 0 Å². The maximum absolute atomic E-state index is 12.9. The topological polar surface area (TPSA) is 64.3 Å². The summed E-state index contributed by atoms with van der Waals surface area (Å²) in [5, 5.41) is 0. The molecule has 0 aliphatic carbocycles. The van der Waals surface area contributed by atoms with Gasteiger partial charge in [0.05, 0.1) is 17.1 Å². The van der Waals surface area contributed by atoms with Crippen molar-refractivity contribution in [1.29, 1.82) is 0 Å². The maximum atomic E-state index is 12.9. The van der Waals surface area contributed by atoms with Crippen molar-refractivity contribution in [2.45, 2.75) is 31.0 Å². The minimum atomic E-state index is -4.94. The van der Waals surface area contributed by atoms with Crippen LogP contribution in [0.3, 0.4) is 0 Å². The lowest BCUT2D eigenvalue weighted by Crippen LogP contribution is -2.55. The van der Waals surface area contributed by atoms with Crippen LogP contribution in [0.2, 0.25) is 0 Å². The van der Waals surface area contributed by atoms with Crippen molar-refractivity contribution in [3.63, 3.8) is 0 Å². The Kier molecular flexibility index (Phi) is 3.23. The van der Waals surface area contributed by atoms with Gasteiger partial charge in [0, 0.05) is 25.6 Å². The molecule has 1 aromatic carbocycles. The van der Waals surface area contributed by atoms with Crippen LogP contribution in [-0.2, 0) is 17.3 Å². The SMILES string of the molecule is Cn1c(=O)c(=O)n2c3c(cccc31)C1(C)CN(C(=O)C(F)(F)F)CCC21. The molecular formula is C17H16F3N3O3. The van der Waals surface area contributed by atoms with E-state index in [-0.39, 0.29) is 19.5 Å². The highest BCUT2D eigenvalue weighted by molar-refractivity contribution is 5.85. The predicted octanol–water partition coefficient (Wildman–Crippen LogP) is 1.31. The molecule has 1 amide bonds. The molecular weight excluding hydrogens is 351 g/mol. The Morgan fingerprint density at radius 2 is 1.92 bits per heavy atom. The molecule has 1 fully saturated rings. The molecule has 0 radical (unpaired) electrons. The van der Waals surface area contributed by atoms with Gasteiger partial charge in [0.15, 0.2) is 0 Å². The van der Waals surface area contributed by atoms with Gasteiger partial charge in [0.25, 0.3) is 0 Å². The van der Waals surface area contributed by atoms with Crippen LogP contribution in [-0.4, -0.2) is 39.2 Å². The smallest absolute Gasteiger partial charge is 0.334 e. The van der Waals surface area contributed by atoms with Crippen LogP contribution in [0, 0.1) is 0 Å². The van der Waals surface area contributed by atoms with Gasteiger partial charge >= 0.3 is 23.2 Å². The molecule has 2 unspecified atom stereocenters. The largest absolute Gasteiger partial charge is 0.471 e. The van der Waals surface area contributed by atoms with Crippen molar-refractivity contribution in [1.82, 2.24) is 14.0 Å². The lowest BCUT2D eigenvalue weighted by Gasteiger charge is -2.43. The molecule has 6 nitrogen and oxygen atoms in total. The molecule has 26 heavy (non-hydrogen) atoms. The molecule has 0 saturated carbocycles. The Labute approximate surface area is 145 Å². The molecule has 1 aromatic heterocycles. The van der Waals surface area contributed by atoms with Crippen molar-refractivity contribution in [3.05, 3.63) is 44.5 Å². The molecule has 4 rings (SSSR count). The van der Waals surface area contributed by atoms with E-state index in [1.165, 1.54) is 16.2 Å². The summed E-state index contributed by atoms with van der Waals surface area (Å²) in [5.74, 6) is -1.87. The molecule has 0 bridgehead atoms. The van der Waals surface area contributed by atoms with E-state index in [2.05, 4.69) is 0 Å². The van der Waals surface area contributed by atoms with Gasteiger partial charge in [-0.3, -0.25) is 19.0 Å². The number of benzene rings is 1. The number of aromatic nitrogens is 2. The fourth-order valence-corrected chi connectivity index (χ4v) is 4.48. The zero-order valence-corrected chi connectivity index (χ0v) is 14.1. The number of likely N-dealkylation sites (tertiary alicyclic amines) is 1. The minimum Gasteiger partial charge on any atom is -0.334 e. The predicted molar refractivity (Wildman–Crippen MR) is 87.1 cm³/mol. The van der Waals surface area contributed by atoms with Gasteiger partial charge in [-0.15, -0.1) is 0 Å². The molecule has 2 aliphatic heterocycles. The number of rotatable bonds is 0. The quantitative estimate of drug-likeness (QED) is 0.660. The van der Waals surface area contributed by atoms with Gasteiger partial charge in [-0.25, -0.2) is 0 Å². The molecule has 138 valence electrons. The van der Waals surface area contributed by atoms with E-state index in [4.69, 9.17) is 0 Å². The first-order chi connectivity index (χ1) is 12.1. The third-order valence-corrected chi connectivity index (χ3v) is 5.71. The number of piperidine rings is 1. The third-order valence-electron chi connectivity index (χ3n) is 5.71. The average Bonchev–Trinajstić information content (AvgIpc) is 2.85. The molecule has 0 spiro atoms. The lowest BCUT2D eigenvalue weighted by molar-refractivity contribution is -0.188. The number of aryl methyl sites for hydroxylation is 1. The second-order valence-corrected chi connectivity index (χ2v) is 7.16. The van der Waals surface area contributed by atoms with Gasteiger partial charge in [0.1, 0.15) is 0 Å². The number of carbonyl (C=O) groups excluding carboxylic acids is 1. The Morgan fingerprint density at radius 1 is 1.23 bits per heavy atom. The Hall–Kier alpha value is -2.58. The summed E-state index contributed by atoms with van der Waals surface area (Å²) in [6, 6.07) is 4.71. The summed E-state index contributed by atoms with van der Waals surface area (Å²) >= 11 is 0. The number of halogens is 3. The second-order valence-electron chi connectivity index (χ2n) is 7.16. The van der Waals surface area contributed by atoms with Crippen LogP contribution in [0.4, 0.5) is 13.2 Å². The number of hydrogen-bond acceptors (Lipinski definition) is 3. The van der Waals surface area contributed by atoms with Crippen molar-refractivity contribution in [3.8, 4) is 0 Å². The van der Waals surface area contributed by atoms with E-state index >= 15 is 0 Å². The number of fused-ring (bicyclic) bond motifs is 3. The van der Waals surface area contributed by atoms with Crippen molar-refractivity contribution in [2.75, 3.05) is 13.1 Å². The number of nitrogens with zero attached hydrogens (tertiary/aromatic N) is 3. The van der Waals surface area contributed by atoms with Crippen molar-refractivity contribution >= 4 is 16.9 Å². The monoisotopic (exact) mass is 367 g/mol. The summed E-state index contributed by atoms with van der Waals surface area (Å²) in [6.07, 6.45) is -4.76. The molecule has 2 aromatic rings. The van der Waals surface area contributed by atoms with Crippen LogP contribution in [0.1, 0.15) is 24.9 Å². The van der Waals surface area contributed by atoms with Crippen LogP contribution >= 0.6 is 0 Å². The highest BCUT2D eigenvalue weighted by atomic mass is 19.4. The number of hydrogen-bond donors (Lipinski definition) is 0. The fourth-order valence-electron chi connectivity index (χ4n) is 4.48. The van der Waals surface area contributed by atoms with Crippen molar-refractivity contribution < 1.29 is 18.0 Å². The van der Waals surface area contributed by atoms with E-state index in [1.54, 1.807) is 25.1 Å². The first-order valence-corrected chi connectivity index (χ1v) is 8.18. The second kappa shape index (κ2) is 4.99. The Balaban J connectivity index is 1.93. The number of alkyl halides is 3. The Morgan fingerprint density at radius 3 is 2.58 bits per heavy atom. The Bertz CT molecular complexity index is 1070. The van der Waals surface area contributed by atoms with Crippen LogP contribution in [0.25, 0.3) is 11.0 Å². The standard InChI is InChI=1S/C17H16F3N3O3/c1-16-8-22(15(26)17(18,19)20)7-6-11(16)23-12-9(16)4-3-5-10(12)21(2)13(24)14(23)25/h3-5,11H,6-8H2,1-2H3. The molecule has 1 saturated heterocycles. The normalized spacial score (nSPS) is 24.8. The van der Waals surface area contributed by atoms with E-state index in [1.807, 2.05) is 0 Å². The summed E-state index contributed by atoms with van der Waals surface area (Å²) in [4.78, 5) is 37.4. The molecule has 2 aliphatic rings. The van der Waals surface area contributed by atoms with E-state index < -0.39 is 34.7 Å². The summed E-state index contributed by atoms with van der Waals surface area (Å²) in [7, 11) is 1.50. The highest BCUT2D eigenvalue weighted by Crippen LogP contribution is 2.49. The highest BCUT2D eigenvalue weighted by Gasteiger charge is 2.53. The summed E-state index contributed by atoms with van der Waals surface area (Å²) < 4.78 is 41.3. The van der Waals surface area contributed by atoms with Gasteiger partial charge in [-0.2, -0.15) is 13.2 Å². The molecule has 3 heterocycles. The van der Waals surface area contributed by atoms with Gasteiger partial charge in [-0.1, -0.05) is 19.1 Å². The first kappa shape index (κ1) is 16.9. The average molecular weight is 367 g/mol. The fraction of sp³-hybridized carbons (Fsp3) is 0.471. The van der Waals surface area contributed by atoms with Crippen LogP contribution < -0.4 is 11.1 Å². The zero-order chi connectivity index (χ0) is 19.0. The first-order valence-electron chi connectivity index (χ1n) is 8.18. The maximum Gasteiger partial charge on any atom is 0.471 e. The summed E-state index contributed by atoms with van der Waals surface area (Å²) in [5.41, 5.74) is -0.423. The molecule has 9 heteroatoms. The third kappa shape index (κ3) is 1.96. The lowest BCUT2D eigenvalue weighted by atomic mass is 9.74. The zero-order valence-electron chi connectivity index (χ0n) is 14.1. The van der Waals surface area contributed by atoms with Crippen molar-refractivity contribution in [2.24, 2.45) is 7.05 Å². The van der Waals surface area contributed by atoms with E-state index in [0.29, 0.717) is 16.6 Å². The van der Waals surface area contributed by atoms with Gasteiger partial charge < -0.3 is 9.47 Å². The minimum absolute atomic E-state index is 0.115. The molecule has 0 N–H and O–H groups in total. The number of carbonyl (C=O) groups is 1. The van der Waals surface area contributed by atoms with Gasteiger partial charge in [-0.05, 0) is 18.1 Å². The summed E-state index contributed by atoms with van der Waals surface area (Å²) in [6.45, 7) is 1.48.